The largest absolute Gasteiger partial charge is 0.535 e. The summed E-state index contributed by atoms with van der Waals surface area (Å²) >= 11 is 0. The molecule has 0 saturated heterocycles. The number of hydrogen-bond donors (Lipinski definition) is 0. The van der Waals surface area contributed by atoms with E-state index in [-0.39, 0.29) is 84.0 Å². The van der Waals surface area contributed by atoms with Crippen LogP contribution >= 0.6 is 0 Å². The molecule has 1 rings (SSSR count). The van der Waals surface area contributed by atoms with Crippen LogP contribution in [0, 0.1) is 6.92 Å². The van der Waals surface area contributed by atoms with Crippen molar-refractivity contribution in [2.75, 3.05) is 7.11 Å². The van der Waals surface area contributed by atoms with E-state index in [2.05, 4.69) is 17.2 Å². The van der Waals surface area contributed by atoms with E-state index in [1.54, 1.807) is 7.11 Å². The normalized spacial score (nSPS) is 16.9. The zero-order valence-electron chi connectivity index (χ0n) is 10.1. The first-order chi connectivity index (χ1) is 6.06. The number of rotatable bonds is 1. The zero-order chi connectivity index (χ0) is 10.0. The first kappa shape index (κ1) is 22.6. The van der Waals surface area contributed by atoms with Crippen molar-refractivity contribution in [3.8, 4) is 0 Å². The molecule has 1 aliphatic heterocycles. The van der Waals surface area contributed by atoms with Crippen LogP contribution in [0.2, 0.25) is 0 Å². The average molecular weight is 407 g/mol. The molecule has 0 aromatic heterocycles. The van der Waals surface area contributed by atoms with Crippen LogP contribution in [-0.4, -0.2) is 12.8 Å². The van der Waals surface area contributed by atoms with Crippen LogP contribution in [0.4, 0.5) is 0 Å². The van der Waals surface area contributed by atoms with E-state index in [9.17, 15) is 0 Å². The number of allylic oxidation sites excluding steroid dienone is 2. The summed E-state index contributed by atoms with van der Waals surface area (Å²) in [6, 6.07) is 0. The van der Waals surface area contributed by atoms with E-state index in [0.717, 1.165) is 16.9 Å². The van der Waals surface area contributed by atoms with Gasteiger partial charge in [0.2, 0.25) is 0 Å². The van der Waals surface area contributed by atoms with Gasteiger partial charge < -0.3 is 15.0 Å². The van der Waals surface area contributed by atoms with Crippen LogP contribution in [0.1, 0.15) is 20.8 Å². The van der Waals surface area contributed by atoms with Crippen LogP contribution < -0.4 is 0 Å². The Hall–Kier alpha value is 1.41. The quantitative estimate of drug-likeness (QED) is 0.617. The Kier molecular flexibility index (Phi) is 14.6. The van der Waals surface area contributed by atoms with E-state index in [1.165, 1.54) is 0 Å². The minimum absolute atomic E-state index is 0. The third kappa shape index (κ3) is 5.84. The average Bonchev–Trinajstić information content (AvgIpc) is 2.09. The predicted molar refractivity (Wildman–Crippen MR) is 54.2 cm³/mol. The zero-order valence-corrected chi connectivity index (χ0v) is 17.2. The third-order valence-electron chi connectivity index (χ3n) is 1.92. The molecule has 0 bridgehead atoms. The van der Waals surface area contributed by atoms with Gasteiger partial charge in [-0.05, 0) is 19.4 Å². The topological polar surface area (TPSA) is 35.7 Å². The van der Waals surface area contributed by atoms with Gasteiger partial charge in [0, 0.05) is 84.0 Å². The summed E-state index contributed by atoms with van der Waals surface area (Å²) in [5.74, 6) is 1.28. The van der Waals surface area contributed by atoms with Crippen molar-refractivity contribution in [1.29, 1.82) is 0 Å². The van der Waals surface area contributed by atoms with E-state index in [4.69, 9.17) is 4.74 Å². The first-order valence-corrected chi connectivity index (χ1v) is 4.11. The molecular formula is C10H14N2OVY2-2. The summed E-state index contributed by atoms with van der Waals surface area (Å²) in [5.41, 5.74) is 2.76. The smallest absolute Gasteiger partial charge is 0.0959 e. The van der Waals surface area contributed by atoms with Crippen LogP contribution in [0.15, 0.2) is 27.8 Å². The van der Waals surface area contributed by atoms with E-state index < -0.39 is 0 Å². The third-order valence-corrected chi connectivity index (χ3v) is 1.92. The molecule has 0 aromatic carbocycles. The maximum atomic E-state index is 5.12. The molecule has 83 valence electrons. The van der Waals surface area contributed by atoms with Crippen molar-refractivity contribution in [1.82, 2.24) is 0 Å². The summed E-state index contributed by atoms with van der Waals surface area (Å²) in [6.07, 6.45) is 0. The fourth-order valence-electron chi connectivity index (χ4n) is 0.992. The second kappa shape index (κ2) is 10.3. The maximum Gasteiger partial charge on any atom is 0.0959 e. The van der Waals surface area contributed by atoms with Gasteiger partial charge in [-0.2, -0.15) is 0 Å². The number of aliphatic imine (C=N–C) groups is 1. The molecule has 0 aliphatic carbocycles. The SMILES string of the molecule is [CH2-]C(C)=C1N=C(C)C(C)=C(OC)[N-]1.[V].[Y].[Y]. The van der Waals surface area contributed by atoms with Crippen molar-refractivity contribution in [2.24, 2.45) is 4.99 Å². The Balaban J connectivity index is -0.000000563. The summed E-state index contributed by atoms with van der Waals surface area (Å²) in [5, 5.41) is 4.22. The Morgan fingerprint density at radius 1 is 1.31 bits per heavy atom. The minimum atomic E-state index is 0. The molecule has 0 saturated carbocycles. The van der Waals surface area contributed by atoms with Gasteiger partial charge in [0.05, 0.1) is 13.0 Å². The molecule has 0 unspecified atom stereocenters. The van der Waals surface area contributed by atoms with Gasteiger partial charge >= 0.3 is 0 Å². The van der Waals surface area contributed by atoms with Crippen LogP contribution in [0.3, 0.4) is 0 Å². The van der Waals surface area contributed by atoms with Crippen LogP contribution in [0.5, 0.6) is 0 Å². The fraction of sp³-hybridized carbons (Fsp3) is 0.400. The predicted octanol–water partition coefficient (Wildman–Crippen LogP) is 2.77. The standard InChI is InChI=1S/C10H14N2O.V.2Y/c1-6(2)9-11-8(4)7(3)10(12-9)13-5;;;/h1H2,2-5H3;;;/q-2;;;. The molecule has 6 heteroatoms. The van der Waals surface area contributed by atoms with Gasteiger partial charge in [0.1, 0.15) is 0 Å². The molecule has 0 atom stereocenters. The molecule has 0 aromatic rings. The summed E-state index contributed by atoms with van der Waals surface area (Å²) in [7, 11) is 1.61. The maximum absolute atomic E-state index is 5.12. The van der Waals surface area contributed by atoms with Gasteiger partial charge in [0.25, 0.3) is 0 Å². The molecule has 3 nitrogen and oxygen atoms in total. The molecular weight excluding hydrogens is 393 g/mol. The number of ether oxygens (including phenoxy) is 1. The molecule has 0 spiro atoms. The Morgan fingerprint density at radius 3 is 2.19 bits per heavy atom. The Bertz CT molecular complexity index is 321. The van der Waals surface area contributed by atoms with Gasteiger partial charge in [-0.25, -0.2) is 18.3 Å². The number of methoxy groups -OCH3 is 1. The van der Waals surface area contributed by atoms with Gasteiger partial charge in [-0.3, -0.25) is 0 Å². The first-order valence-electron chi connectivity index (χ1n) is 4.11. The van der Waals surface area contributed by atoms with Crippen LogP contribution in [-0.2, 0) is 88.7 Å². The molecule has 1 aliphatic rings. The van der Waals surface area contributed by atoms with E-state index >= 15 is 0 Å². The second-order valence-electron chi connectivity index (χ2n) is 3.05. The summed E-state index contributed by atoms with van der Waals surface area (Å²) in [4.78, 5) is 4.29. The number of nitrogens with zero attached hydrogens (tertiary/aromatic N) is 2. The number of hydrogen-bond acceptors (Lipinski definition) is 2. The van der Waals surface area contributed by atoms with Gasteiger partial charge in [0.15, 0.2) is 0 Å². The minimum Gasteiger partial charge on any atom is -0.535 e. The molecule has 1 heterocycles. The van der Waals surface area contributed by atoms with Gasteiger partial charge in [-0.1, -0.05) is 12.6 Å². The van der Waals surface area contributed by atoms with Crippen molar-refractivity contribution in [2.45, 2.75) is 20.8 Å². The monoisotopic (exact) mass is 407 g/mol. The molecule has 0 N–H and O–H groups in total. The van der Waals surface area contributed by atoms with Crippen molar-refractivity contribution in [3.05, 3.63) is 35.1 Å². The van der Waals surface area contributed by atoms with Gasteiger partial charge in [-0.15, -0.1) is 0 Å². The summed E-state index contributed by atoms with van der Waals surface area (Å²) < 4.78 is 5.12. The second-order valence-corrected chi connectivity index (χ2v) is 3.05. The van der Waals surface area contributed by atoms with E-state index in [1.807, 2.05) is 20.8 Å². The molecule has 0 fully saturated rings. The van der Waals surface area contributed by atoms with E-state index in [0.29, 0.717) is 11.7 Å². The molecule has 0 amide bonds. The Labute approximate surface area is 160 Å². The summed E-state index contributed by atoms with van der Waals surface area (Å²) in [6.45, 7) is 9.55. The van der Waals surface area contributed by atoms with Crippen molar-refractivity contribution >= 4 is 5.71 Å². The van der Waals surface area contributed by atoms with Crippen molar-refractivity contribution in [3.63, 3.8) is 0 Å². The molecule has 3 radical (unpaired) electrons. The fourth-order valence-corrected chi connectivity index (χ4v) is 0.992. The Morgan fingerprint density at radius 2 is 1.81 bits per heavy atom. The van der Waals surface area contributed by atoms with Crippen molar-refractivity contribution < 1.29 is 88.7 Å². The molecule has 16 heavy (non-hydrogen) atoms. The van der Waals surface area contributed by atoms with Crippen LogP contribution in [0.25, 0.3) is 5.32 Å².